The van der Waals surface area contributed by atoms with Crippen LogP contribution in [0.25, 0.3) is 0 Å². The molecule has 6 heteroatoms. The first kappa shape index (κ1) is 15.5. The summed E-state index contributed by atoms with van der Waals surface area (Å²) in [5.41, 5.74) is 0. The smallest absolute Gasteiger partial charge is 0.310 e. The van der Waals surface area contributed by atoms with Gasteiger partial charge in [-0.15, -0.1) is 0 Å². The molecular weight excluding hydrogens is 248 g/mol. The Hall–Kier alpha value is -1.59. The molecule has 1 N–H and O–H groups in total. The number of nitrogens with one attached hydrogen (secondary N) is 1. The molecule has 0 radical (unpaired) electrons. The molecule has 1 atom stereocenters. The Morgan fingerprint density at radius 2 is 2.11 bits per heavy atom. The van der Waals surface area contributed by atoms with E-state index in [1.54, 1.807) is 11.8 Å². The van der Waals surface area contributed by atoms with Crippen LogP contribution in [0.3, 0.4) is 0 Å². The maximum absolute atomic E-state index is 11.9. The predicted octanol–water partition coefficient (Wildman–Crippen LogP) is 0.314. The third kappa shape index (κ3) is 5.28. The van der Waals surface area contributed by atoms with Gasteiger partial charge in [-0.1, -0.05) is 0 Å². The minimum absolute atomic E-state index is 0.0252. The standard InChI is InChI=1S/C13H22N2O4/c1-3-19-13(18)11-5-4-8-15(9-11)12(17)6-7-14-10(2)16/h11H,3-9H2,1-2H3,(H,14,16)/t11-/m0/s1. The number of amides is 2. The topological polar surface area (TPSA) is 75.7 Å². The van der Waals surface area contributed by atoms with Crippen LogP contribution in [0, 0.1) is 5.92 Å². The van der Waals surface area contributed by atoms with Gasteiger partial charge in [0.1, 0.15) is 0 Å². The number of ether oxygens (including phenoxy) is 1. The van der Waals surface area contributed by atoms with Crippen molar-refractivity contribution in [2.24, 2.45) is 5.92 Å². The van der Waals surface area contributed by atoms with E-state index in [2.05, 4.69) is 5.32 Å². The molecule has 1 aliphatic rings. The van der Waals surface area contributed by atoms with E-state index in [4.69, 9.17) is 4.74 Å². The first-order valence-corrected chi connectivity index (χ1v) is 6.73. The van der Waals surface area contributed by atoms with Crippen LogP contribution in [0.4, 0.5) is 0 Å². The number of carbonyl (C=O) groups is 3. The minimum atomic E-state index is -0.220. The van der Waals surface area contributed by atoms with Crippen molar-refractivity contribution in [3.63, 3.8) is 0 Å². The maximum Gasteiger partial charge on any atom is 0.310 e. The fourth-order valence-electron chi connectivity index (χ4n) is 2.16. The van der Waals surface area contributed by atoms with E-state index >= 15 is 0 Å². The van der Waals surface area contributed by atoms with Crippen molar-refractivity contribution in [2.75, 3.05) is 26.2 Å². The summed E-state index contributed by atoms with van der Waals surface area (Å²) in [7, 11) is 0. The summed E-state index contributed by atoms with van der Waals surface area (Å²) < 4.78 is 4.99. The van der Waals surface area contributed by atoms with E-state index in [1.165, 1.54) is 6.92 Å². The van der Waals surface area contributed by atoms with E-state index in [1.807, 2.05) is 0 Å². The Labute approximate surface area is 113 Å². The lowest BCUT2D eigenvalue weighted by molar-refractivity contribution is -0.151. The lowest BCUT2D eigenvalue weighted by Crippen LogP contribution is -2.43. The lowest BCUT2D eigenvalue weighted by atomic mass is 9.98. The number of piperidine rings is 1. The molecule has 0 aromatic heterocycles. The number of esters is 1. The van der Waals surface area contributed by atoms with Crippen LogP contribution >= 0.6 is 0 Å². The first-order chi connectivity index (χ1) is 9.04. The lowest BCUT2D eigenvalue weighted by Gasteiger charge is -2.31. The molecule has 1 saturated heterocycles. The quantitative estimate of drug-likeness (QED) is 0.730. The Morgan fingerprint density at radius 1 is 1.37 bits per heavy atom. The summed E-state index contributed by atoms with van der Waals surface area (Å²) in [5, 5.41) is 2.59. The average molecular weight is 270 g/mol. The number of nitrogens with zero attached hydrogens (tertiary/aromatic N) is 1. The number of rotatable bonds is 5. The first-order valence-electron chi connectivity index (χ1n) is 6.73. The van der Waals surface area contributed by atoms with E-state index in [-0.39, 0.29) is 30.1 Å². The van der Waals surface area contributed by atoms with E-state index < -0.39 is 0 Å². The van der Waals surface area contributed by atoms with Gasteiger partial charge in [0, 0.05) is 33.0 Å². The molecule has 0 bridgehead atoms. The molecule has 1 heterocycles. The third-order valence-electron chi connectivity index (χ3n) is 3.11. The summed E-state index contributed by atoms with van der Waals surface area (Å²) in [4.78, 5) is 36.0. The van der Waals surface area contributed by atoms with Crippen molar-refractivity contribution < 1.29 is 19.1 Å². The highest BCUT2D eigenvalue weighted by atomic mass is 16.5. The Bertz CT molecular complexity index is 344. The molecule has 2 amide bonds. The SMILES string of the molecule is CCOC(=O)[C@H]1CCCN(C(=O)CCNC(C)=O)C1. The average Bonchev–Trinajstić information content (AvgIpc) is 2.38. The second-order valence-corrected chi connectivity index (χ2v) is 4.66. The minimum Gasteiger partial charge on any atom is -0.466 e. The molecule has 0 aliphatic carbocycles. The molecule has 19 heavy (non-hydrogen) atoms. The monoisotopic (exact) mass is 270 g/mol. The van der Waals surface area contributed by atoms with Gasteiger partial charge in [-0.3, -0.25) is 14.4 Å². The van der Waals surface area contributed by atoms with Crippen LogP contribution in [-0.4, -0.2) is 48.9 Å². The Kier molecular flexibility index (Phi) is 6.32. The summed E-state index contributed by atoms with van der Waals surface area (Å²) >= 11 is 0. The van der Waals surface area contributed by atoms with Crippen LogP contribution in [0.1, 0.15) is 33.1 Å². The summed E-state index contributed by atoms with van der Waals surface area (Å²) in [6.07, 6.45) is 1.86. The molecule has 0 spiro atoms. The van der Waals surface area contributed by atoms with Crippen LogP contribution in [0.5, 0.6) is 0 Å². The Morgan fingerprint density at radius 3 is 2.74 bits per heavy atom. The molecule has 0 unspecified atom stereocenters. The van der Waals surface area contributed by atoms with Crippen LogP contribution in [0.15, 0.2) is 0 Å². The molecule has 1 aliphatic heterocycles. The van der Waals surface area contributed by atoms with Gasteiger partial charge in [-0.05, 0) is 19.8 Å². The second-order valence-electron chi connectivity index (χ2n) is 4.66. The van der Waals surface area contributed by atoms with Gasteiger partial charge in [-0.2, -0.15) is 0 Å². The van der Waals surface area contributed by atoms with Crippen molar-refractivity contribution in [2.45, 2.75) is 33.1 Å². The molecule has 6 nitrogen and oxygen atoms in total. The fourth-order valence-corrected chi connectivity index (χ4v) is 2.16. The summed E-state index contributed by atoms with van der Waals surface area (Å²) in [6, 6.07) is 0. The van der Waals surface area contributed by atoms with Gasteiger partial charge in [0.25, 0.3) is 0 Å². The highest BCUT2D eigenvalue weighted by Crippen LogP contribution is 2.18. The zero-order chi connectivity index (χ0) is 14.3. The molecule has 0 aromatic rings. The molecule has 108 valence electrons. The number of likely N-dealkylation sites (tertiary alicyclic amines) is 1. The molecule has 0 saturated carbocycles. The van der Waals surface area contributed by atoms with Gasteiger partial charge in [0.2, 0.25) is 11.8 Å². The highest BCUT2D eigenvalue weighted by Gasteiger charge is 2.28. The molecular formula is C13H22N2O4. The Balaban J connectivity index is 2.38. The van der Waals surface area contributed by atoms with Crippen LogP contribution in [0.2, 0.25) is 0 Å². The van der Waals surface area contributed by atoms with Crippen LogP contribution < -0.4 is 5.32 Å². The zero-order valence-corrected chi connectivity index (χ0v) is 11.6. The predicted molar refractivity (Wildman–Crippen MR) is 69.2 cm³/mol. The molecule has 1 rings (SSSR count). The van der Waals surface area contributed by atoms with Crippen molar-refractivity contribution in [1.29, 1.82) is 0 Å². The molecule has 1 fully saturated rings. The summed E-state index contributed by atoms with van der Waals surface area (Å²) in [5.74, 6) is -0.598. The fraction of sp³-hybridized carbons (Fsp3) is 0.769. The maximum atomic E-state index is 11.9. The third-order valence-corrected chi connectivity index (χ3v) is 3.11. The van der Waals surface area contributed by atoms with Crippen molar-refractivity contribution in [3.05, 3.63) is 0 Å². The number of carbonyl (C=O) groups excluding carboxylic acids is 3. The van der Waals surface area contributed by atoms with Gasteiger partial charge in [0.15, 0.2) is 0 Å². The van der Waals surface area contributed by atoms with E-state index in [0.29, 0.717) is 26.2 Å². The van der Waals surface area contributed by atoms with E-state index in [0.717, 1.165) is 12.8 Å². The van der Waals surface area contributed by atoms with Crippen molar-refractivity contribution in [1.82, 2.24) is 10.2 Å². The van der Waals surface area contributed by atoms with Crippen LogP contribution in [-0.2, 0) is 19.1 Å². The highest BCUT2D eigenvalue weighted by molar-refractivity contribution is 5.79. The number of hydrogen-bond acceptors (Lipinski definition) is 4. The van der Waals surface area contributed by atoms with Gasteiger partial charge < -0.3 is 15.0 Å². The molecule has 0 aromatic carbocycles. The van der Waals surface area contributed by atoms with Gasteiger partial charge in [-0.25, -0.2) is 0 Å². The van der Waals surface area contributed by atoms with Gasteiger partial charge in [0.05, 0.1) is 12.5 Å². The van der Waals surface area contributed by atoms with Crippen molar-refractivity contribution in [3.8, 4) is 0 Å². The van der Waals surface area contributed by atoms with Gasteiger partial charge >= 0.3 is 5.97 Å². The largest absolute Gasteiger partial charge is 0.466 e. The second kappa shape index (κ2) is 7.76. The zero-order valence-electron chi connectivity index (χ0n) is 11.6. The van der Waals surface area contributed by atoms with E-state index in [9.17, 15) is 14.4 Å². The summed E-state index contributed by atoms with van der Waals surface area (Å²) in [6.45, 7) is 5.01. The number of hydrogen-bond donors (Lipinski definition) is 1. The normalized spacial score (nSPS) is 18.8. The van der Waals surface area contributed by atoms with Crippen molar-refractivity contribution >= 4 is 17.8 Å².